The Bertz CT molecular complexity index is 7420. The molecule has 30 N–H and O–H groups in total. The number of carboxylic acid groups (broad SMARTS) is 1. The maximum absolute atomic E-state index is 16.9. The van der Waals surface area contributed by atoms with Crippen LogP contribution >= 0.6 is 0 Å². The molecule has 9 aromatic carbocycles. The highest BCUT2D eigenvalue weighted by Gasteiger charge is 2.97. The van der Waals surface area contributed by atoms with Crippen LogP contribution in [0.2, 0.25) is 0 Å². The predicted octanol–water partition coefficient (Wildman–Crippen LogP) is -0.609. The number of esters is 9. The lowest BCUT2D eigenvalue weighted by Gasteiger charge is -2.64. The van der Waals surface area contributed by atoms with E-state index in [0.717, 1.165) is 0 Å². The summed E-state index contributed by atoms with van der Waals surface area (Å²) in [5.74, 6) is -93.3. The zero-order valence-corrected chi connectivity index (χ0v) is 71.5. The Hall–Kier alpha value is -18.7. The number of carbonyl (C=O) groups excluding carboxylic acids is 11. The number of carboxylic acids is 1. The average Bonchev–Trinajstić information content (AvgIpc) is 1.43. The lowest BCUT2D eigenvalue weighted by molar-refractivity contribution is -0.459. The molecule has 10 heterocycles. The van der Waals surface area contributed by atoms with Crippen LogP contribution < -0.4 is 14.2 Å². The van der Waals surface area contributed by atoms with Gasteiger partial charge < -0.3 is 229 Å². The van der Waals surface area contributed by atoms with Gasteiger partial charge in [0.2, 0.25) is 75.5 Å². The number of hydrogen-bond acceptors (Lipinski definition) is 57. The van der Waals surface area contributed by atoms with Gasteiger partial charge in [-0.3, -0.25) is 14.4 Å². The van der Waals surface area contributed by atoms with Crippen molar-refractivity contribution in [1.29, 1.82) is 0 Å². The highest BCUT2D eigenvalue weighted by atomic mass is 16.8. The molecule has 146 heavy (non-hydrogen) atoms. The molecule has 1 saturated carbocycles. The molecule has 0 aromatic heterocycles. The van der Waals surface area contributed by atoms with E-state index in [4.69, 9.17) is 75.8 Å². The van der Waals surface area contributed by atoms with E-state index in [1.54, 1.807) is 0 Å². The number of aromatic carboxylic acids is 1. The van der Waals surface area contributed by atoms with E-state index in [1.165, 1.54) is 0 Å². The number of ketones is 2. The number of phenolic OH excluding ortho intramolecular Hbond substituents is 24. The third-order valence-corrected chi connectivity index (χ3v) is 25.8. The van der Waals surface area contributed by atoms with Gasteiger partial charge in [0.05, 0.1) is 57.0 Å². The number of rotatable bonds is 11. The fourth-order valence-corrected chi connectivity index (χ4v) is 19.1. The van der Waals surface area contributed by atoms with E-state index >= 15 is 38.4 Å². The summed E-state index contributed by atoms with van der Waals surface area (Å²) in [5.41, 5.74) is -28.7. The number of aliphatic hydroxyl groups excluding tert-OH is 2. The quantitative estimate of drug-likeness (QED) is 0.0332. The SMILES string of the molecule is O=C(OC1OC2COC(=O)c3cc(Oc4c(C(=O)C5C(O)OC6COC(=O)c7cc(O)c(O)c(O)c7-c7c(cc(O)c(O)c7O)C(=O)OC6C5OC(=O)c5cc(O)c(O)c(O)c5)cc(O)c(O)c4O)c(Oc4c(C(=O)O)cc(O)c(O)c4O)c(O)c3-c3c(cc(O)c(O)c3O)C(=O)OC3C2OC(=O)C24CC(=O)C(O)(OC25C(=O)OC2C(O)COC25O)C2(O)Oc5c(O)c(O)cc(c5C24)C(=O)OC13)c1cc(O)c(O)c(O)c1. The highest BCUT2D eigenvalue weighted by Crippen LogP contribution is 2.76. The lowest BCUT2D eigenvalue weighted by Crippen LogP contribution is -2.88. The van der Waals surface area contributed by atoms with Crippen molar-refractivity contribution in [2.24, 2.45) is 11.3 Å². The Kier molecular flexibility index (Phi) is 21.5. The fourth-order valence-electron chi connectivity index (χ4n) is 19.1. The van der Waals surface area contributed by atoms with Gasteiger partial charge in [-0.15, -0.1) is 0 Å². The Morgan fingerprint density at radius 1 is 0.384 bits per heavy atom. The van der Waals surface area contributed by atoms with Crippen molar-refractivity contribution in [2.45, 2.75) is 103 Å². The fraction of sp³-hybridized carbons (Fsp3) is 0.250. The molecule has 2 spiro atoms. The second-order valence-electron chi connectivity index (χ2n) is 33.8. The van der Waals surface area contributed by atoms with Crippen molar-refractivity contribution < 1.29 is 287 Å². The summed E-state index contributed by atoms with van der Waals surface area (Å²) in [6.07, 6.45) is -34.0. The number of ether oxygens (including phenoxy) is 16. The zero-order valence-electron chi connectivity index (χ0n) is 71.5. The molecule has 10 aliphatic heterocycles. The first-order chi connectivity index (χ1) is 68.6. The highest BCUT2D eigenvalue weighted by molar-refractivity contribution is 6.12. The van der Waals surface area contributed by atoms with Crippen molar-refractivity contribution >= 4 is 71.3 Å². The number of cyclic esters (lactones) is 2. The maximum Gasteiger partial charge on any atom is 0.346 e. The molecule has 9 aromatic rings. The van der Waals surface area contributed by atoms with Crippen molar-refractivity contribution in [3.8, 4) is 189 Å². The summed E-state index contributed by atoms with van der Waals surface area (Å²) in [6.45, 7) is -4.70. The number of fused-ring (bicyclic) bond motifs is 9. The van der Waals surface area contributed by atoms with Gasteiger partial charge in [0.25, 0.3) is 11.6 Å². The molecule has 0 radical (unpaired) electrons. The van der Waals surface area contributed by atoms with Crippen molar-refractivity contribution in [3.63, 3.8) is 0 Å². The molecule has 20 rings (SSSR count). The molecule has 0 amide bonds. The molecule has 762 valence electrons. The molecule has 58 heteroatoms. The first-order valence-electron chi connectivity index (χ1n) is 41.3. The first-order valence-corrected chi connectivity index (χ1v) is 41.3. The Morgan fingerprint density at radius 2 is 0.815 bits per heavy atom. The molecule has 7 fully saturated rings. The Morgan fingerprint density at radius 3 is 1.34 bits per heavy atom. The largest absolute Gasteiger partial charge is 0.504 e. The number of carbonyl (C=O) groups is 12. The van der Waals surface area contributed by atoms with Gasteiger partial charge in [0.1, 0.15) is 48.4 Å². The van der Waals surface area contributed by atoms with E-state index in [-0.39, 0.29) is 36.4 Å². The standard InChI is InChI=1S/C88H62O58/c89-25-1-16(2-26(90)47(25)102)73(118)139-67-45(80(125)135-37-14-131-75(120)18-5-29(93)49(104)55(110)40(18)41-19(77(122)138-64(37)67)6-30(94)50(105)56(41)111)46(101)23-9-32(96)52(107)59(114)61(23)134-36-11-22-43(58(113)63(36)137-62-24(72(116)117)10-33(97)53(108)60(62)115)42-20(7-31(95)51(106)57(42)112)78(123)140-68-65-38(15-132-76(22)121)136-81(144-74(119)17-3-27(91)48(103)28(92)4-17)69(68)141-79(124)21-8-34(98)54(109)66-44(21)70-84(82(126)142-65)12-39(100)86(128,87(70,129)145-66)146-85(84)83(127)143-71-35(99)13-133-88(71,85)130/h1-11,35,37-38,45,64-65,67-71,80-81,89-99,102-115,125,128-130H,12-15H2,(H,116,117). The van der Waals surface area contributed by atoms with E-state index in [0.29, 0.717) is 30.3 Å². The molecular weight excluding hydrogens is 1980 g/mol. The molecule has 6 bridgehead atoms. The van der Waals surface area contributed by atoms with E-state index in [1.807, 2.05) is 0 Å². The van der Waals surface area contributed by atoms with Crippen molar-refractivity contribution in [3.05, 3.63) is 122 Å². The van der Waals surface area contributed by atoms with Crippen LogP contribution in [0.15, 0.2) is 66.7 Å². The van der Waals surface area contributed by atoms with Gasteiger partial charge in [0, 0.05) is 46.4 Å². The van der Waals surface area contributed by atoms with Crippen LogP contribution in [-0.2, 0) is 76.0 Å². The zero-order chi connectivity index (χ0) is 106. The normalized spacial score (nSPS) is 27.6. The number of Topliss-reactive ketones (excluding diaryl/α,β-unsaturated/α-hetero) is 2. The number of aliphatic hydroxyl groups is 5. The monoisotopic (exact) mass is 2050 g/mol. The van der Waals surface area contributed by atoms with Gasteiger partial charge in [-0.25, -0.2) is 43.2 Å². The Balaban J connectivity index is 0.814. The third-order valence-electron chi connectivity index (χ3n) is 25.8. The molecule has 6 saturated heterocycles. The molecule has 58 nitrogen and oxygen atoms in total. The van der Waals surface area contributed by atoms with Crippen LogP contribution in [0.25, 0.3) is 22.3 Å². The van der Waals surface area contributed by atoms with E-state index < -0.39 is 450 Å². The maximum atomic E-state index is 16.9. The summed E-state index contributed by atoms with van der Waals surface area (Å²) < 4.78 is 92.8. The summed E-state index contributed by atoms with van der Waals surface area (Å²) >= 11 is 0. The summed E-state index contributed by atoms with van der Waals surface area (Å²) in [6, 6.07) is 2.22. The third kappa shape index (κ3) is 13.4. The number of benzene rings is 9. The van der Waals surface area contributed by atoms with Gasteiger partial charge >= 0.3 is 59.7 Å². The van der Waals surface area contributed by atoms with Gasteiger partial charge in [-0.1, -0.05) is 0 Å². The molecular formula is C88H62O58. The summed E-state index contributed by atoms with van der Waals surface area (Å²) in [4.78, 5) is 184. The second-order valence-corrected chi connectivity index (χ2v) is 33.8. The van der Waals surface area contributed by atoms with E-state index in [9.17, 15) is 172 Å². The number of hydrogen-bond donors (Lipinski definition) is 30. The van der Waals surface area contributed by atoms with Crippen LogP contribution in [0.4, 0.5) is 0 Å². The minimum Gasteiger partial charge on any atom is -0.504 e. The van der Waals surface area contributed by atoms with Gasteiger partial charge in [-0.2, -0.15) is 0 Å². The summed E-state index contributed by atoms with van der Waals surface area (Å²) in [7, 11) is 0. The topological polar surface area (TPSA) is 959 Å². The molecule has 18 atom stereocenters. The number of aromatic hydroxyl groups is 24. The van der Waals surface area contributed by atoms with Crippen molar-refractivity contribution in [1.82, 2.24) is 0 Å². The summed E-state index contributed by atoms with van der Waals surface area (Å²) in [5, 5.41) is 344. The Labute approximate surface area is 800 Å². The molecule has 18 unspecified atom stereocenters. The second kappa shape index (κ2) is 32.7. The van der Waals surface area contributed by atoms with Gasteiger partial charge in [0.15, 0.2) is 163 Å². The molecule has 1 aliphatic carbocycles. The first kappa shape index (κ1) is 96.1. The minimum atomic E-state index is -4.30. The number of phenols is 24. The van der Waals surface area contributed by atoms with Crippen LogP contribution in [0.3, 0.4) is 0 Å². The van der Waals surface area contributed by atoms with Crippen molar-refractivity contribution in [2.75, 3.05) is 19.8 Å². The predicted molar refractivity (Wildman–Crippen MR) is 439 cm³/mol. The smallest absolute Gasteiger partial charge is 0.346 e. The van der Waals surface area contributed by atoms with Crippen LogP contribution in [-0.4, -0.2) is 335 Å². The van der Waals surface area contributed by atoms with Crippen LogP contribution in [0.5, 0.6) is 167 Å². The minimum absolute atomic E-state index is 0.000920. The van der Waals surface area contributed by atoms with Crippen LogP contribution in [0.1, 0.15) is 111 Å². The molecule has 11 aliphatic rings. The van der Waals surface area contributed by atoms with Crippen LogP contribution in [0, 0.1) is 11.3 Å². The van der Waals surface area contributed by atoms with Gasteiger partial charge in [-0.05, 0) is 54.6 Å². The average molecular weight is 2050 g/mol. The van der Waals surface area contributed by atoms with E-state index in [2.05, 4.69) is 0 Å². The lowest BCUT2D eigenvalue weighted by atomic mass is 9.47.